The molecule has 3 aromatic carbocycles. The number of carbonyl (C=O) groups is 1. The van der Waals surface area contributed by atoms with Gasteiger partial charge in [-0.3, -0.25) is 0 Å². The van der Waals surface area contributed by atoms with Gasteiger partial charge in [-0.25, -0.2) is 0 Å². The second-order valence-corrected chi connectivity index (χ2v) is 14.8. The van der Waals surface area contributed by atoms with Crippen molar-refractivity contribution in [1.29, 1.82) is 0 Å². The first-order valence-electron chi connectivity index (χ1n) is 11.8. The molecule has 5 aromatic rings. The number of rotatable bonds is 7. The Labute approximate surface area is 226 Å². The first kappa shape index (κ1) is 26.7. The molecule has 8 heteroatoms. The molecule has 2 heterocycles. The van der Waals surface area contributed by atoms with E-state index in [4.69, 9.17) is 9.72 Å². The average Bonchev–Trinajstić information content (AvgIpc) is 3.33. The van der Waals surface area contributed by atoms with Crippen molar-refractivity contribution in [3.05, 3.63) is 118 Å². The van der Waals surface area contributed by atoms with Crippen LogP contribution >= 0.6 is 30.3 Å². The van der Waals surface area contributed by atoms with Gasteiger partial charge >= 0.3 is 214 Å². The number of ether oxygens (including phenoxy) is 1. The molecule has 0 aliphatic rings. The van der Waals surface area contributed by atoms with Crippen molar-refractivity contribution in [2.45, 2.75) is 13.3 Å². The number of nitrogens with zero attached hydrogens (tertiary/aromatic N) is 2. The minimum atomic E-state index is -3.42. The largest absolute Gasteiger partial charge is 0.147 e. The van der Waals surface area contributed by atoms with Crippen LogP contribution in [-0.4, -0.2) is 28.6 Å². The zero-order valence-electron chi connectivity index (χ0n) is 20.6. The summed E-state index contributed by atoms with van der Waals surface area (Å²) in [5, 5.41) is 5.20. The van der Waals surface area contributed by atoms with Gasteiger partial charge in [0.15, 0.2) is 0 Å². The van der Waals surface area contributed by atoms with Gasteiger partial charge in [0.2, 0.25) is 0 Å². The van der Waals surface area contributed by atoms with Crippen LogP contribution in [-0.2, 0) is 16.0 Å². The van der Waals surface area contributed by atoms with Crippen molar-refractivity contribution in [3.8, 4) is 0 Å². The van der Waals surface area contributed by atoms with E-state index >= 15 is 0 Å². The summed E-state index contributed by atoms with van der Waals surface area (Å²) in [6.45, 7) is 0.923. The van der Waals surface area contributed by atoms with E-state index in [0.29, 0.717) is 17.3 Å². The van der Waals surface area contributed by atoms with Crippen LogP contribution in [0.1, 0.15) is 12.6 Å². The van der Waals surface area contributed by atoms with Gasteiger partial charge in [0.25, 0.3) is 0 Å². The first-order valence-corrected chi connectivity index (χ1v) is 15.4. The maximum atomic E-state index is 13.7. The number of thiazole rings is 1. The van der Waals surface area contributed by atoms with Crippen molar-refractivity contribution < 1.29 is 9.53 Å². The second kappa shape index (κ2) is 10.6. The smallest absolute Gasteiger partial charge is 0.147 e. The zero-order chi connectivity index (χ0) is 25.2. The summed E-state index contributed by atoms with van der Waals surface area (Å²) in [6.07, 6.45) is 0.0283. The van der Waals surface area contributed by atoms with E-state index in [1.807, 2.05) is 60.0 Å². The first-order chi connectivity index (χ1) is 17.5. The van der Waals surface area contributed by atoms with Gasteiger partial charge < -0.3 is 0 Å². The Hall–Kier alpha value is -3.31. The van der Waals surface area contributed by atoms with Crippen LogP contribution in [0.5, 0.6) is 0 Å². The topological polar surface area (TPSA) is 60.7 Å². The molecule has 190 valence electrons. The van der Waals surface area contributed by atoms with E-state index in [1.165, 1.54) is 15.7 Å². The number of aromatic nitrogens is 2. The van der Waals surface area contributed by atoms with Crippen LogP contribution in [0, 0.1) is 0 Å². The minimum absolute atomic E-state index is 0. The maximum absolute atomic E-state index is 13.7. The Balaban J connectivity index is 0.00000320. The van der Waals surface area contributed by atoms with E-state index in [9.17, 15) is 9.59 Å². The third-order valence-electron chi connectivity index (χ3n) is 6.87. The molecule has 0 bridgehead atoms. The molecule has 0 aliphatic heterocycles. The molecule has 5 rings (SSSR count). The van der Waals surface area contributed by atoms with Crippen LogP contribution in [0.3, 0.4) is 0 Å². The van der Waals surface area contributed by atoms with Crippen molar-refractivity contribution in [1.82, 2.24) is 9.38 Å². The summed E-state index contributed by atoms with van der Waals surface area (Å²) < 4.78 is 6.64. The molecule has 0 amide bonds. The summed E-state index contributed by atoms with van der Waals surface area (Å²) in [5.74, 6) is -0.360. The van der Waals surface area contributed by atoms with Crippen LogP contribution < -0.4 is 26.9 Å². The van der Waals surface area contributed by atoms with Gasteiger partial charge in [-0.1, -0.05) is 0 Å². The number of hydrogen-bond acceptors (Lipinski definition) is 5. The summed E-state index contributed by atoms with van der Waals surface area (Å²) in [5.41, 5.74) is 1.14. The van der Waals surface area contributed by atoms with Crippen molar-refractivity contribution in [2.75, 3.05) is 13.3 Å². The summed E-state index contributed by atoms with van der Waals surface area (Å²) in [7, 11) is 0. The Morgan fingerprint density at radius 3 is 1.84 bits per heavy atom. The quantitative estimate of drug-likeness (QED) is 0.226. The molecule has 37 heavy (non-hydrogen) atoms. The molecular formula is C29H28ClN2O3PS. The van der Waals surface area contributed by atoms with E-state index in [2.05, 4.69) is 43.1 Å². The van der Waals surface area contributed by atoms with Crippen LogP contribution in [0.15, 0.2) is 107 Å². The summed E-state index contributed by atoms with van der Waals surface area (Å²) in [4.78, 5) is 31.6. The van der Waals surface area contributed by atoms with Crippen LogP contribution in [0.2, 0.25) is 0 Å². The number of carbonyl (C=O) groups excluding carboxylic acids is 1. The molecule has 0 saturated heterocycles. The van der Waals surface area contributed by atoms with Crippen molar-refractivity contribution in [3.63, 3.8) is 0 Å². The van der Waals surface area contributed by atoms with Gasteiger partial charge in [-0.05, 0) is 0 Å². The fourth-order valence-electron chi connectivity index (χ4n) is 4.98. The Morgan fingerprint density at radius 2 is 1.38 bits per heavy atom. The Morgan fingerprint density at radius 1 is 0.892 bits per heavy atom. The Kier molecular flexibility index (Phi) is 7.65. The van der Waals surface area contributed by atoms with Crippen LogP contribution in [0.25, 0.3) is 4.96 Å². The number of benzene rings is 3. The van der Waals surface area contributed by atoms with Gasteiger partial charge in [-0.2, -0.15) is 0 Å². The van der Waals surface area contributed by atoms with Gasteiger partial charge in [0, 0.05) is 0 Å². The SMILES string of the molecule is CCOC(=O)Cc1csc2nc(P(C)(c3ccccc3)(c3ccccc3)c3ccccc3)cc(=O)n12.Cl. The molecule has 5 nitrogen and oxygen atoms in total. The molecule has 0 saturated carbocycles. The molecule has 0 unspecified atom stereocenters. The standard InChI is InChI=1S/C29H27N2O3PS.ClH/c1-3-34-28(33)19-22-21-36-29-30-26(20-27(32)31(22)29)35(2,23-13-7-4-8-14-23,24-15-9-5-10-16-24)25-17-11-6-12-18-25;/h4-18,20-21H,3,19H2,1-2H3;1H. The van der Waals surface area contributed by atoms with Crippen molar-refractivity contribution >= 4 is 62.6 Å². The average molecular weight is 551 g/mol. The van der Waals surface area contributed by atoms with Gasteiger partial charge in [0.05, 0.1) is 0 Å². The molecule has 0 spiro atoms. The van der Waals surface area contributed by atoms with Gasteiger partial charge in [-0.15, -0.1) is 12.4 Å². The summed E-state index contributed by atoms with van der Waals surface area (Å²) in [6, 6.07) is 32.8. The zero-order valence-corrected chi connectivity index (χ0v) is 23.1. The fourth-order valence-corrected chi connectivity index (χ4v) is 11.2. The number of fused-ring (bicyclic) bond motifs is 1. The predicted octanol–water partition coefficient (Wildman–Crippen LogP) is 4.07. The van der Waals surface area contributed by atoms with Gasteiger partial charge in [0.1, 0.15) is 0 Å². The second-order valence-electron chi connectivity index (χ2n) is 8.85. The van der Waals surface area contributed by atoms with E-state index < -0.39 is 6.60 Å². The maximum Gasteiger partial charge on any atom is -0.147 e. The third kappa shape index (κ3) is 4.29. The van der Waals surface area contributed by atoms with E-state index in [-0.39, 0.29) is 30.4 Å². The van der Waals surface area contributed by atoms with Crippen molar-refractivity contribution in [2.24, 2.45) is 0 Å². The van der Waals surface area contributed by atoms with E-state index in [0.717, 1.165) is 21.3 Å². The molecule has 0 N–H and O–H groups in total. The van der Waals surface area contributed by atoms with Crippen LogP contribution in [0.4, 0.5) is 0 Å². The molecule has 0 aliphatic carbocycles. The fraction of sp³-hybridized carbons (Fsp3) is 0.138. The molecule has 2 aromatic heterocycles. The number of halogens is 1. The summed E-state index contributed by atoms with van der Waals surface area (Å²) >= 11 is 1.37. The normalized spacial score (nSPS) is 12.3. The molecule has 0 radical (unpaired) electrons. The van der Waals surface area contributed by atoms with E-state index in [1.54, 1.807) is 13.0 Å². The minimum Gasteiger partial charge on any atom is -0.147 e. The molecule has 0 fully saturated rings. The monoisotopic (exact) mass is 550 g/mol. The predicted molar refractivity (Wildman–Crippen MR) is 158 cm³/mol. The third-order valence-corrected chi connectivity index (χ3v) is 13.9. The number of hydrogen-bond donors (Lipinski definition) is 0. The Bertz CT molecular complexity index is 1490. The number of esters is 1. The molecule has 0 atom stereocenters. The molecular weight excluding hydrogens is 523 g/mol.